The third-order valence-electron chi connectivity index (χ3n) is 5.84. The second-order valence-electron chi connectivity index (χ2n) is 7.46. The minimum absolute atomic E-state index is 0.254. The highest BCUT2D eigenvalue weighted by atomic mass is 31.2. The number of rotatable bonds is 6. The number of carbonyl (C=O) groups excluding carboxylic acids is 1. The Labute approximate surface area is 149 Å². The van der Waals surface area contributed by atoms with E-state index >= 15 is 0 Å². The van der Waals surface area contributed by atoms with Crippen molar-refractivity contribution in [2.24, 2.45) is 0 Å². The van der Waals surface area contributed by atoms with E-state index in [9.17, 15) is 4.79 Å². The number of benzene rings is 1. The quantitative estimate of drug-likeness (QED) is 0.626. The molecular formula is C21H35NOP+. The van der Waals surface area contributed by atoms with Gasteiger partial charge >= 0.3 is 0 Å². The first-order chi connectivity index (χ1) is 11.5. The zero-order chi connectivity index (χ0) is 17.6. The van der Waals surface area contributed by atoms with Gasteiger partial charge < -0.3 is 5.32 Å². The summed E-state index contributed by atoms with van der Waals surface area (Å²) in [6, 6.07) is 6.25. The topological polar surface area (TPSA) is 29.1 Å². The molecule has 24 heavy (non-hydrogen) atoms. The van der Waals surface area contributed by atoms with Crippen LogP contribution in [-0.2, 0) is 4.79 Å². The van der Waals surface area contributed by atoms with Crippen molar-refractivity contribution in [3.8, 4) is 0 Å². The van der Waals surface area contributed by atoms with Crippen LogP contribution in [0.5, 0.6) is 0 Å². The SMILES string of the molecule is CCCC(C(=O)Nc1c(C)cccc1C)[P+]1(CC)CCCCCC1. The largest absolute Gasteiger partial charge is 0.322 e. The monoisotopic (exact) mass is 348 g/mol. The molecule has 1 heterocycles. The lowest BCUT2D eigenvalue weighted by Crippen LogP contribution is -2.34. The van der Waals surface area contributed by atoms with E-state index in [0.29, 0.717) is 5.91 Å². The van der Waals surface area contributed by atoms with Crippen LogP contribution in [0.25, 0.3) is 0 Å². The van der Waals surface area contributed by atoms with Gasteiger partial charge in [0.25, 0.3) is 5.91 Å². The molecule has 2 rings (SSSR count). The van der Waals surface area contributed by atoms with E-state index in [-0.39, 0.29) is 5.66 Å². The van der Waals surface area contributed by atoms with E-state index < -0.39 is 7.26 Å². The van der Waals surface area contributed by atoms with Gasteiger partial charge in [-0.15, -0.1) is 0 Å². The fraction of sp³-hybridized carbons (Fsp3) is 0.667. The van der Waals surface area contributed by atoms with Crippen molar-refractivity contribution in [2.45, 2.75) is 71.9 Å². The molecule has 1 saturated heterocycles. The molecule has 1 unspecified atom stereocenters. The van der Waals surface area contributed by atoms with Crippen molar-refractivity contribution in [1.82, 2.24) is 0 Å². The summed E-state index contributed by atoms with van der Waals surface area (Å²) in [7, 11) is -1.18. The van der Waals surface area contributed by atoms with Crippen LogP contribution in [0.1, 0.15) is 63.5 Å². The molecule has 134 valence electrons. The average molecular weight is 348 g/mol. The third kappa shape index (κ3) is 4.39. The fourth-order valence-electron chi connectivity index (χ4n) is 4.31. The first kappa shape index (κ1) is 19.4. The molecule has 1 aliphatic rings. The second-order valence-corrected chi connectivity index (χ2v) is 12.0. The molecule has 0 radical (unpaired) electrons. The van der Waals surface area contributed by atoms with Crippen LogP contribution in [0.15, 0.2) is 18.2 Å². The third-order valence-corrected chi connectivity index (χ3v) is 11.3. The summed E-state index contributed by atoms with van der Waals surface area (Å²) in [6.07, 6.45) is 11.4. The highest BCUT2D eigenvalue weighted by Gasteiger charge is 2.47. The molecule has 1 aliphatic heterocycles. The number of hydrogen-bond acceptors (Lipinski definition) is 1. The van der Waals surface area contributed by atoms with Gasteiger partial charge in [0.2, 0.25) is 0 Å². The van der Waals surface area contributed by atoms with E-state index in [1.54, 1.807) is 0 Å². The molecule has 0 spiro atoms. The van der Waals surface area contributed by atoms with E-state index in [4.69, 9.17) is 0 Å². The molecule has 1 aromatic rings. The normalized spacial score (nSPS) is 18.7. The van der Waals surface area contributed by atoms with Gasteiger partial charge in [-0.3, -0.25) is 4.79 Å². The number of anilines is 1. The Morgan fingerprint density at radius 2 is 1.67 bits per heavy atom. The lowest BCUT2D eigenvalue weighted by molar-refractivity contribution is -0.116. The maximum Gasteiger partial charge on any atom is 0.265 e. The smallest absolute Gasteiger partial charge is 0.265 e. The zero-order valence-corrected chi connectivity index (χ0v) is 16.9. The van der Waals surface area contributed by atoms with E-state index in [2.05, 4.69) is 51.2 Å². The van der Waals surface area contributed by atoms with Crippen LogP contribution in [0.3, 0.4) is 0 Å². The summed E-state index contributed by atoms with van der Waals surface area (Å²) in [5.41, 5.74) is 3.63. The molecule has 1 aromatic carbocycles. The Balaban J connectivity index is 2.26. The Kier molecular flexibility index (Phi) is 7.29. The summed E-state index contributed by atoms with van der Waals surface area (Å²) in [4.78, 5) is 13.3. The van der Waals surface area contributed by atoms with Gasteiger partial charge in [-0.1, -0.05) is 31.5 Å². The molecule has 3 heteroatoms. The van der Waals surface area contributed by atoms with Crippen LogP contribution in [0.4, 0.5) is 5.69 Å². The van der Waals surface area contributed by atoms with Crippen molar-refractivity contribution in [1.29, 1.82) is 0 Å². The van der Waals surface area contributed by atoms with Crippen LogP contribution < -0.4 is 5.32 Å². The van der Waals surface area contributed by atoms with Crippen molar-refractivity contribution < 1.29 is 4.79 Å². The maximum absolute atomic E-state index is 13.3. The molecule has 1 N–H and O–H groups in total. The molecule has 1 fully saturated rings. The summed E-state index contributed by atoms with van der Waals surface area (Å²) in [5, 5.41) is 3.33. The van der Waals surface area contributed by atoms with Gasteiger partial charge in [0.15, 0.2) is 0 Å². The van der Waals surface area contributed by atoms with Gasteiger partial charge in [0.1, 0.15) is 5.66 Å². The van der Waals surface area contributed by atoms with Crippen molar-refractivity contribution in [2.75, 3.05) is 23.8 Å². The Bertz CT molecular complexity index is 527. The predicted molar refractivity (Wildman–Crippen MR) is 109 cm³/mol. The molecular weight excluding hydrogens is 313 g/mol. The summed E-state index contributed by atoms with van der Waals surface area (Å²) in [6.45, 7) is 8.75. The number of nitrogens with one attached hydrogen (secondary N) is 1. The lowest BCUT2D eigenvalue weighted by Gasteiger charge is -2.33. The number of carbonyl (C=O) groups is 1. The van der Waals surface area contributed by atoms with Crippen LogP contribution in [0, 0.1) is 13.8 Å². The summed E-state index contributed by atoms with van der Waals surface area (Å²) >= 11 is 0. The zero-order valence-electron chi connectivity index (χ0n) is 16.0. The van der Waals surface area contributed by atoms with Gasteiger partial charge in [-0.2, -0.15) is 0 Å². The molecule has 0 bridgehead atoms. The number of para-hydroxylation sites is 1. The molecule has 2 nitrogen and oxygen atoms in total. The van der Waals surface area contributed by atoms with E-state index in [0.717, 1.165) is 18.5 Å². The van der Waals surface area contributed by atoms with Gasteiger partial charge in [0, 0.05) is 12.9 Å². The molecule has 0 aromatic heterocycles. The Hall–Kier alpha value is -0.880. The number of amides is 1. The van der Waals surface area contributed by atoms with Crippen molar-refractivity contribution in [3.05, 3.63) is 29.3 Å². The highest BCUT2D eigenvalue weighted by Crippen LogP contribution is 2.66. The van der Waals surface area contributed by atoms with Gasteiger partial charge in [0.05, 0.1) is 18.5 Å². The Morgan fingerprint density at radius 3 is 2.17 bits per heavy atom. The minimum atomic E-state index is -1.18. The minimum Gasteiger partial charge on any atom is -0.322 e. The summed E-state index contributed by atoms with van der Waals surface area (Å²) in [5.74, 6) is 0.298. The molecule has 1 amide bonds. The standard InChI is InChI=1S/C21H34NOP/c1-5-12-19(24(6-2)15-9-7-8-10-16-24)21(23)22-20-17(3)13-11-14-18(20)4/h11,13-14,19H,5-10,12,15-16H2,1-4H3/p+1. The van der Waals surface area contributed by atoms with Crippen LogP contribution >= 0.6 is 7.26 Å². The molecule has 0 saturated carbocycles. The Morgan fingerprint density at radius 1 is 1.08 bits per heavy atom. The second kappa shape index (κ2) is 8.99. The first-order valence-electron chi connectivity index (χ1n) is 9.77. The van der Waals surface area contributed by atoms with Crippen LogP contribution in [0.2, 0.25) is 0 Å². The van der Waals surface area contributed by atoms with Crippen LogP contribution in [-0.4, -0.2) is 30.1 Å². The van der Waals surface area contributed by atoms with E-state index in [1.165, 1.54) is 55.3 Å². The molecule has 0 aliphatic carbocycles. The van der Waals surface area contributed by atoms with Crippen molar-refractivity contribution >= 4 is 18.9 Å². The highest BCUT2D eigenvalue weighted by molar-refractivity contribution is 7.77. The fourth-order valence-corrected chi connectivity index (χ4v) is 9.31. The van der Waals surface area contributed by atoms with E-state index in [1.807, 2.05) is 0 Å². The van der Waals surface area contributed by atoms with Gasteiger partial charge in [-0.05, 0) is 64.0 Å². The maximum atomic E-state index is 13.3. The summed E-state index contributed by atoms with van der Waals surface area (Å²) < 4.78 is 0. The van der Waals surface area contributed by atoms with Gasteiger partial charge in [-0.25, -0.2) is 0 Å². The first-order valence-corrected chi connectivity index (χ1v) is 12.2. The number of aryl methyl sites for hydroxylation is 2. The number of hydrogen-bond donors (Lipinski definition) is 1. The molecule has 1 atom stereocenters. The van der Waals surface area contributed by atoms with Crippen molar-refractivity contribution in [3.63, 3.8) is 0 Å². The lowest BCUT2D eigenvalue weighted by atomic mass is 10.1. The predicted octanol–water partition coefficient (Wildman–Crippen LogP) is 6.02. The average Bonchev–Trinajstić information content (AvgIpc) is 2.82.